The zero-order chi connectivity index (χ0) is 19.1. The summed E-state index contributed by atoms with van der Waals surface area (Å²) in [6.45, 7) is 3.35. The van der Waals surface area contributed by atoms with E-state index >= 15 is 0 Å². The van der Waals surface area contributed by atoms with Gasteiger partial charge in [0.1, 0.15) is 12.6 Å². The average Bonchev–Trinajstić information content (AvgIpc) is 3.24. The van der Waals surface area contributed by atoms with Crippen LogP contribution >= 0.6 is 0 Å². The van der Waals surface area contributed by atoms with Crippen molar-refractivity contribution in [3.63, 3.8) is 0 Å². The molecule has 8 nitrogen and oxygen atoms in total. The quantitative estimate of drug-likeness (QED) is 0.695. The Morgan fingerprint density at radius 1 is 1.19 bits per heavy atom. The molecule has 2 aliphatic heterocycles. The average molecular weight is 385 g/mol. The van der Waals surface area contributed by atoms with E-state index in [2.05, 4.69) is 5.32 Å². The Kier molecular flexibility index (Phi) is 5.28. The standard InChI is InChI=1S/C17H27N3O5S/c1-11(2)15-16(22)19(17(23)18-15)9-14(21)20(12-5-3-4-6-12)13-7-8-26(24,25)10-13/h11-13,15H,3-10H2,1-2H3,(H,18,23)/t13-,15-/m1/s1. The molecule has 9 heteroatoms. The summed E-state index contributed by atoms with van der Waals surface area (Å²) in [5.41, 5.74) is 0. The first-order valence-corrected chi connectivity index (χ1v) is 11.1. The first-order chi connectivity index (χ1) is 12.2. The number of carbonyl (C=O) groups is 3. The van der Waals surface area contributed by atoms with Crippen molar-refractivity contribution in [2.24, 2.45) is 5.92 Å². The van der Waals surface area contributed by atoms with Crippen LogP contribution in [0.4, 0.5) is 4.79 Å². The fourth-order valence-corrected chi connectivity index (χ4v) is 5.95. The zero-order valence-electron chi connectivity index (χ0n) is 15.3. The number of nitrogens with one attached hydrogen (secondary N) is 1. The molecule has 0 spiro atoms. The van der Waals surface area contributed by atoms with Crippen LogP contribution in [0.3, 0.4) is 0 Å². The van der Waals surface area contributed by atoms with E-state index in [4.69, 9.17) is 0 Å². The van der Waals surface area contributed by atoms with Gasteiger partial charge in [-0.2, -0.15) is 0 Å². The number of hydrogen-bond donors (Lipinski definition) is 1. The van der Waals surface area contributed by atoms with Crippen LogP contribution in [-0.2, 0) is 19.4 Å². The molecule has 26 heavy (non-hydrogen) atoms. The van der Waals surface area contributed by atoms with Crippen molar-refractivity contribution in [3.8, 4) is 0 Å². The summed E-state index contributed by atoms with van der Waals surface area (Å²) in [6.07, 6.45) is 4.13. The summed E-state index contributed by atoms with van der Waals surface area (Å²) in [6, 6.07) is -1.51. The molecule has 3 rings (SSSR count). The molecule has 0 radical (unpaired) electrons. The van der Waals surface area contributed by atoms with Gasteiger partial charge in [-0.05, 0) is 25.2 Å². The van der Waals surface area contributed by atoms with Gasteiger partial charge < -0.3 is 10.2 Å². The van der Waals surface area contributed by atoms with Gasteiger partial charge in [0, 0.05) is 12.1 Å². The highest BCUT2D eigenvalue weighted by Gasteiger charge is 2.44. The zero-order valence-corrected chi connectivity index (χ0v) is 16.1. The molecule has 0 aromatic rings. The smallest absolute Gasteiger partial charge is 0.325 e. The highest BCUT2D eigenvalue weighted by molar-refractivity contribution is 7.91. The lowest BCUT2D eigenvalue weighted by molar-refractivity contribution is -0.140. The molecule has 0 aromatic carbocycles. The third kappa shape index (κ3) is 3.72. The lowest BCUT2D eigenvalue weighted by atomic mass is 10.1. The maximum absolute atomic E-state index is 13.0. The van der Waals surface area contributed by atoms with Crippen molar-refractivity contribution in [3.05, 3.63) is 0 Å². The van der Waals surface area contributed by atoms with Crippen LogP contribution in [0.5, 0.6) is 0 Å². The van der Waals surface area contributed by atoms with Crippen molar-refractivity contribution in [2.45, 2.75) is 64.1 Å². The van der Waals surface area contributed by atoms with Gasteiger partial charge in [0.05, 0.1) is 11.5 Å². The van der Waals surface area contributed by atoms with Gasteiger partial charge in [-0.3, -0.25) is 14.5 Å². The van der Waals surface area contributed by atoms with E-state index in [0.717, 1.165) is 30.6 Å². The van der Waals surface area contributed by atoms with Crippen LogP contribution in [0.25, 0.3) is 0 Å². The van der Waals surface area contributed by atoms with Crippen molar-refractivity contribution in [2.75, 3.05) is 18.1 Å². The van der Waals surface area contributed by atoms with Gasteiger partial charge in [-0.1, -0.05) is 26.7 Å². The number of imide groups is 1. The van der Waals surface area contributed by atoms with E-state index < -0.39 is 21.9 Å². The molecule has 1 aliphatic carbocycles. The maximum Gasteiger partial charge on any atom is 0.325 e. The largest absolute Gasteiger partial charge is 0.334 e. The van der Waals surface area contributed by atoms with Gasteiger partial charge in [-0.25, -0.2) is 13.2 Å². The minimum atomic E-state index is -3.13. The molecule has 4 amide bonds. The minimum Gasteiger partial charge on any atom is -0.334 e. The minimum absolute atomic E-state index is 0.00228. The van der Waals surface area contributed by atoms with Crippen LogP contribution in [0.1, 0.15) is 46.0 Å². The Morgan fingerprint density at radius 2 is 1.85 bits per heavy atom. The molecule has 2 heterocycles. The van der Waals surface area contributed by atoms with Crippen LogP contribution in [0.2, 0.25) is 0 Å². The van der Waals surface area contributed by atoms with Crippen LogP contribution < -0.4 is 5.32 Å². The first-order valence-electron chi connectivity index (χ1n) is 9.33. The van der Waals surface area contributed by atoms with Crippen molar-refractivity contribution < 1.29 is 22.8 Å². The van der Waals surface area contributed by atoms with Gasteiger partial charge in [0.25, 0.3) is 5.91 Å². The van der Waals surface area contributed by atoms with Gasteiger partial charge in [-0.15, -0.1) is 0 Å². The number of hydrogen-bond acceptors (Lipinski definition) is 5. The second-order valence-electron chi connectivity index (χ2n) is 7.89. The molecule has 1 N–H and O–H groups in total. The molecular weight excluding hydrogens is 358 g/mol. The molecule has 0 bridgehead atoms. The van der Waals surface area contributed by atoms with E-state index in [0.29, 0.717) is 6.42 Å². The number of amides is 4. The van der Waals surface area contributed by atoms with Crippen LogP contribution in [0.15, 0.2) is 0 Å². The number of rotatable bonds is 5. The highest BCUT2D eigenvalue weighted by Crippen LogP contribution is 2.29. The van der Waals surface area contributed by atoms with E-state index in [1.54, 1.807) is 4.90 Å². The number of urea groups is 1. The topological polar surface area (TPSA) is 104 Å². The lowest BCUT2D eigenvalue weighted by Crippen LogP contribution is -2.51. The Bertz CT molecular complexity index is 699. The number of sulfone groups is 1. The predicted molar refractivity (Wildman–Crippen MR) is 95.0 cm³/mol. The van der Waals surface area contributed by atoms with Crippen molar-refractivity contribution in [1.29, 1.82) is 0 Å². The summed E-state index contributed by atoms with van der Waals surface area (Å²) in [5.74, 6) is -0.704. The fraction of sp³-hybridized carbons (Fsp3) is 0.824. The Morgan fingerprint density at radius 3 is 2.35 bits per heavy atom. The monoisotopic (exact) mass is 385 g/mol. The predicted octanol–water partition coefficient (Wildman–Crippen LogP) is 0.521. The van der Waals surface area contributed by atoms with E-state index in [1.807, 2.05) is 13.8 Å². The molecule has 0 unspecified atom stereocenters. The van der Waals surface area contributed by atoms with Crippen LogP contribution in [-0.4, -0.2) is 72.2 Å². The maximum atomic E-state index is 13.0. The number of nitrogens with zero attached hydrogens (tertiary/aromatic N) is 2. The van der Waals surface area contributed by atoms with Gasteiger partial charge in [0.2, 0.25) is 5.91 Å². The highest BCUT2D eigenvalue weighted by atomic mass is 32.2. The summed E-state index contributed by atoms with van der Waals surface area (Å²) < 4.78 is 23.8. The van der Waals surface area contributed by atoms with Gasteiger partial charge in [0.15, 0.2) is 9.84 Å². The fourth-order valence-electron chi connectivity index (χ4n) is 4.24. The molecule has 2 atom stereocenters. The second-order valence-corrected chi connectivity index (χ2v) is 10.1. The summed E-state index contributed by atoms with van der Waals surface area (Å²) in [5, 5.41) is 2.62. The van der Waals surface area contributed by atoms with E-state index in [1.165, 1.54) is 0 Å². The normalized spacial score (nSPS) is 28.8. The molecule has 3 fully saturated rings. The SMILES string of the molecule is CC(C)[C@H]1NC(=O)N(CC(=O)N(C2CCCC2)[C@@H]2CCS(=O)(=O)C2)C1=O. The van der Waals surface area contributed by atoms with Gasteiger partial charge >= 0.3 is 6.03 Å². The molecule has 146 valence electrons. The molecular formula is C17H27N3O5S. The third-order valence-corrected chi connectivity index (χ3v) is 7.37. The number of carbonyl (C=O) groups excluding carboxylic acids is 3. The lowest BCUT2D eigenvalue weighted by Gasteiger charge is -2.34. The molecule has 1 saturated carbocycles. The van der Waals surface area contributed by atoms with Crippen molar-refractivity contribution in [1.82, 2.24) is 15.1 Å². The third-order valence-electron chi connectivity index (χ3n) is 5.62. The Labute approximate surface area is 154 Å². The van der Waals surface area contributed by atoms with Crippen LogP contribution in [0, 0.1) is 5.92 Å². The second kappa shape index (κ2) is 7.17. The molecule has 0 aromatic heterocycles. The first kappa shape index (κ1) is 19.1. The molecule has 3 aliphatic rings. The summed E-state index contributed by atoms with van der Waals surface area (Å²) >= 11 is 0. The Hall–Kier alpha value is -1.64. The molecule has 2 saturated heterocycles. The summed E-state index contributed by atoms with van der Waals surface area (Å²) in [7, 11) is -3.13. The van der Waals surface area contributed by atoms with Crippen molar-refractivity contribution >= 4 is 27.7 Å². The van der Waals surface area contributed by atoms with E-state index in [-0.39, 0.29) is 47.9 Å². The summed E-state index contributed by atoms with van der Waals surface area (Å²) in [4.78, 5) is 40.2. The Balaban J connectivity index is 1.76. The van der Waals surface area contributed by atoms with E-state index in [9.17, 15) is 22.8 Å².